The van der Waals surface area contributed by atoms with Crippen LogP contribution in [0.15, 0.2) is 0 Å². The van der Waals surface area contributed by atoms with Gasteiger partial charge in [-0.15, -0.1) is 0 Å². The van der Waals surface area contributed by atoms with Crippen LogP contribution in [-0.2, 0) is 14.3 Å². The van der Waals surface area contributed by atoms with E-state index in [9.17, 15) is 4.79 Å². The van der Waals surface area contributed by atoms with Gasteiger partial charge in [0.1, 0.15) is 6.61 Å². The van der Waals surface area contributed by atoms with Crippen LogP contribution in [0.3, 0.4) is 0 Å². The number of rotatable bonds is 5. The second kappa shape index (κ2) is 6.36. The summed E-state index contributed by atoms with van der Waals surface area (Å²) >= 11 is 0. The molecule has 0 amide bonds. The SMILES string of the molecule is CC1CCCC(CN)(OCC(=O)OC(C)C)C1. The van der Waals surface area contributed by atoms with Crippen LogP contribution >= 0.6 is 0 Å². The van der Waals surface area contributed by atoms with Crippen LogP contribution in [0.2, 0.25) is 0 Å². The lowest BCUT2D eigenvalue weighted by molar-refractivity contribution is -0.162. The van der Waals surface area contributed by atoms with Crippen LogP contribution in [0.5, 0.6) is 0 Å². The maximum absolute atomic E-state index is 11.4. The fourth-order valence-electron chi connectivity index (χ4n) is 2.50. The number of carbonyl (C=O) groups excluding carboxylic acids is 1. The van der Waals surface area contributed by atoms with Gasteiger partial charge in [0.25, 0.3) is 0 Å². The topological polar surface area (TPSA) is 61.5 Å². The predicted octanol–water partition coefficient (Wildman–Crippen LogP) is 1.86. The van der Waals surface area contributed by atoms with E-state index in [-0.39, 0.29) is 24.3 Å². The van der Waals surface area contributed by atoms with E-state index >= 15 is 0 Å². The van der Waals surface area contributed by atoms with E-state index in [1.54, 1.807) is 0 Å². The van der Waals surface area contributed by atoms with E-state index in [2.05, 4.69) is 6.92 Å². The van der Waals surface area contributed by atoms with Gasteiger partial charge in [-0.25, -0.2) is 4.79 Å². The van der Waals surface area contributed by atoms with Gasteiger partial charge in [-0.05, 0) is 32.6 Å². The second-order valence-electron chi connectivity index (χ2n) is 5.42. The molecule has 0 radical (unpaired) electrons. The molecular weight excluding hydrogens is 218 g/mol. The molecule has 0 aromatic rings. The monoisotopic (exact) mass is 243 g/mol. The summed E-state index contributed by atoms with van der Waals surface area (Å²) in [6.07, 6.45) is 4.14. The van der Waals surface area contributed by atoms with Gasteiger partial charge < -0.3 is 15.2 Å². The first-order chi connectivity index (χ1) is 7.97. The largest absolute Gasteiger partial charge is 0.461 e. The highest BCUT2D eigenvalue weighted by Gasteiger charge is 2.35. The molecule has 2 atom stereocenters. The molecule has 1 rings (SSSR count). The summed E-state index contributed by atoms with van der Waals surface area (Å²) in [4.78, 5) is 11.4. The third-order valence-electron chi connectivity index (χ3n) is 3.29. The first kappa shape index (κ1) is 14.5. The van der Waals surface area contributed by atoms with E-state index in [0.29, 0.717) is 12.5 Å². The molecule has 0 saturated heterocycles. The van der Waals surface area contributed by atoms with Crippen molar-refractivity contribution in [2.45, 2.75) is 58.2 Å². The van der Waals surface area contributed by atoms with E-state index < -0.39 is 0 Å². The van der Waals surface area contributed by atoms with Gasteiger partial charge in [0.05, 0.1) is 11.7 Å². The average molecular weight is 243 g/mol. The van der Waals surface area contributed by atoms with Crippen molar-refractivity contribution >= 4 is 5.97 Å². The van der Waals surface area contributed by atoms with Crippen LogP contribution in [0, 0.1) is 5.92 Å². The number of hydrogen-bond donors (Lipinski definition) is 1. The summed E-state index contributed by atoms with van der Waals surface area (Å²) in [6.45, 7) is 6.37. The highest BCUT2D eigenvalue weighted by molar-refractivity contribution is 5.70. The summed E-state index contributed by atoms with van der Waals surface area (Å²) in [6, 6.07) is 0. The zero-order valence-electron chi connectivity index (χ0n) is 11.2. The summed E-state index contributed by atoms with van der Waals surface area (Å²) in [5.41, 5.74) is 5.50. The fraction of sp³-hybridized carbons (Fsp3) is 0.923. The van der Waals surface area contributed by atoms with Gasteiger partial charge in [0.2, 0.25) is 0 Å². The molecule has 2 unspecified atom stereocenters. The summed E-state index contributed by atoms with van der Waals surface area (Å²) in [5, 5.41) is 0. The highest BCUT2D eigenvalue weighted by Crippen LogP contribution is 2.34. The molecule has 4 nitrogen and oxygen atoms in total. The normalized spacial score (nSPS) is 29.4. The molecule has 17 heavy (non-hydrogen) atoms. The number of carbonyl (C=O) groups is 1. The van der Waals surface area contributed by atoms with Crippen molar-refractivity contribution in [3.63, 3.8) is 0 Å². The van der Waals surface area contributed by atoms with Crippen LogP contribution in [0.25, 0.3) is 0 Å². The van der Waals surface area contributed by atoms with Gasteiger partial charge in [-0.2, -0.15) is 0 Å². The van der Waals surface area contributed by atoms with Gasteiger partial charge in [-0.3, -0.25) is 0 Å². The number of esters is 1. The van der Waals surface area contributed by atoms with E-state index in [0.717, 1.165) is 19.3 Å². The lowest BCUT2D eigenvalue weighted by Crippen LogP contribution is -2.45. The molecule has 100 valence electrons. The molecule has 1 aliphatic carbocycles. The standard InChI is InChI=1S/C13H25NO3/c1-10(2)17-12(15)8-16-13(9-14)6-4-5-11(3)7-13/h10-11H,4-9,14H2,1-3H3. The highest BCUT2D eigenvalue weighted by atomic mass is 16.6. The lowest BCUT2D eigenvalue weighted by atomic mass is 9.79. The minimum atomic E-state index is -0.312. The van der Waals surface area contributed by atoms with Gasteiger partial charge in [0, 0.05) is 6.54 Å². The Morgan fingerprint density at radius 3 is 2.76 bits per heavy atom. The smallest absolute Gasteiger partial charge is 0.332 e. The molecule has 0 spiro atoms. The molecule has 0 aliphatic heterocycles. The molecule has 1 saturated carbocycles. The van der Waals surface area contributed by atoms with E-state index in [1.807, 2.05) is 13.8 Å². The fourth-order valence-corrected chi connectivity index (χ4v) is 2.50. The Balaban J connectivity index is 2.43. The minimum Gasteiger partial charge on any atom is -0.461 e. The zero-order chi connectivity index (χ0) is 12.9. The Kier molecular flexibility index (Phi) is 5.40. The lowest BCUT2D eigenvalue weighted by Gasteiger charge is -2.38. The molecule has 2 N–H and O–H groups in total. The Morgan fingerprint density at radius 2 is 2.24 bits per heavy atom. The molecule has 4 heteroatoms. The van der Waals surface area contributed by atoms with Crippen molar-refractivity contribution in [2.24, 2.45) is 11.7 Å². The Bertz CT molecular complexity index is 255. The minimum absolute atomic E-state index is 0.0160. The Morgan fingerprint density at radius 1 is 1.53 bits per heavy atom. The van der Waals surface area contributed by atoms with Crippen molar-refractivity contribution in [3.05, 3.63) is 0 Å². The van der Waals surface area contributed by atoms with Crippen molar-refractivity contribution in [3.8, 4) is 0 Å². The van der Waals surface area contributed by atoms with Crippen molar-refractivity contribution in [1.82, 2.24) is 0 Å². The predicted molar refractivity (Wildman–Crippen MR) is 66.6 cm³/mol. The first-order valence-electron chi connectivity index (χ1n) is 6.51. The van der Waals surface area contributed by atoms with Crippen molar-refractivity contribution in [2.75, 3.05) is 13.2 Å². The summed E-state index contributed by atoms with van der Waals surface area (Å²) < 4.78 is 10.8. The Labute approximate surface area is 104 Å². The maximum atomic E-state index is 11.4. The van der Waals surface area contributed by atoms with Crippen molar-refractivity contribution < 1.29 is 14.3 Å². The molecule has 0 heterocycles. The molecular formula is C13H25NO3. The van der Waals surface area contributed by atoms with E-state index in [4.69, 9.17) is 15.2 Å². The second-order valence-corrected chi connectivity index (χ2v) is 5.42. The molecule has 0 aromatic carbocycles. The third kappa shape index (κ3) is 4.64. The van der Waals surface area contributed by atoms with Crippen LogP contribution in [0.4, 0.5) is 0 Å². The van der Waals surface area contributed by atoms with E-state index in [1.165, 1.54) is 6.42 Å². The number of nitrogens with two attached hydrogens (primary N) is 1. The van der Waals surface area contributed by atoms with Crippen LogP contribution < -0.4 is 5.73 Å². The number of ether oxygens (including phenoxy) is 2. The molecule has 1 aliphatic rings. The van der Waals surface area contributed by atoms with Crippen LogP contribution in [-0.4, -0.2) is 30.8 Å². The summed E-state index contributed by atoms with van der Waals surface area (Å²) in [7, 11) is 0. The molecule has 0 aromatic heterocycles. The first-order valence-corrected chi connectivity index (χ1v) is 6.51. The van der Waals surface area contributed by atoms with Crippen molar-refractivity contribution in [1.29, 1.82) is 0 Å². The average Bonchev–Trinajstić information content (AvgIpc) is 2.26. The molecule has 1 fully saturated rings. The quantitative estimate of drug-likeness (QED) is 0.749. The number of hydrogen-bond acceptors (Lipinski definition) is 4. The third-order valence-corrected chi connectivity index (χ3v) is 3.29. The summed E-state index contributed by atoms with van der Waals surface area (Å²) in [5.74, 6) is 0.319. The van der Waals surface area contributed by atoms with Crippen LogP contribution in [0.1, 0.15) is 46.5 Å². The van der Waals surface area contributed by atoms with Gasteiger partial charge in [0.15, 0.2) is 0 Å². The molecule has 0 bridgehead atoms. The van der Waals surface area contributed by atoms with Gasteiger partial charge >= 0.3 is 5.97 Å². The van der Waals surface area contributed by atoms with Gasteiger partial charge in [-0.1, -0.05) is 19.8 Å². The maximum Gasteiger partial charge on any atom is 0.332 e. The zero-order valence-corrected chi connectivity index (χ0v) is 11.2. The Hall–Kier alpha value is -0.610.